The van der Waals surface area contributed by atoms with Crippen LogP contribution in [0.5, 0.6) is 11.5 Å². The standard InChI is InChI=1S/C14H22BrNO3/c1-17-7-5-4-6-16-10-11-8-13(18-2)14(19-3)9-12(11)15/h8-9,16H,4-7,10H2,1-3H3. The van der Waals surface area contributed by atoms with Crippen molar-refractivity contribution in [2.75, 3.05) is 34.5 Å². The Hall–Kier alpha value is -0.780. The van der Waals surface area contributed by atoms with Crippen molar-refractivity contribution >= 4 is 15.9 Å². The molecule has 0 aliphatic carbocycles. The van der Waals surface area contributed by atoms with E-state index in [9.17, 15) is 0 Å². The molecule has 0 bridgehead atoms. The molecule has 0 fully saturated rings. The van der Waals surface area contributed by atoms with E-state index in [-0.39, 0.29) is 0 Å². The maximum atomic E-state index is 5.30. The Bertz CT molecular complexity index is 385. The molecule has 1 rings (SSSR count). The van der Waals surface area contributed by atoms with Gasteiger partial charge in [-0.1, -0.05) is 15.9 Å². The van der Waals surface area contributed by atoms with Crippen molar-refractivity contribution in [2.24, 2.45) is 0 Å². The lowest BCUT2D eigenvalue weighted by molar-refractivity contribution is 0.192. The molecule has 5 heteroatoms. The molecule has 0 heterocycles. The van der Waals surface area contributed by atoms with E-state index < -0.39 is 0 Å². The van der Waals surface area contributed by atoms with E-state index in [2.05, 4.69) is 21.2 Å². The Labute approximate surface area is 123 Å². The van der Waals surface area contributed by atoms with Gasteiger partial charge in [-0.15, -0.1) is 0 Å². The van der Waals surface area contributed by atoms with E-state index in [0.717, 1.165) is 54.1 Å². The van der Waals surface area contributed by atoms with Gasteiger partial charge in [-0.2, -0.15) is 0 Å². The summed E-state index contributed by atoms with van der Waals surface area (Å²) in [4.78, 5) is 0. The van der Waals surface area contributed by atoms with Crippen LogP contribution in [0.2, 0.25) is 0 Å². The maximum absolute atomic E-state index is 5.30. The second-order valence-electron chi connectivity index (χ2n) is 4.18. The zero-order chi connectivity index (χ0) is 14.1. The van der Waals surface area contributed by atoms with Crippen LogP contribution >= 0.6 is 15.9 Å². The molecule has 0 saturated carbocycles. The molecular weight excluding hydrogens is 310 g/mol. The van der Waals surface area contributed by atoms with E-state index in [4.69, 9.17) is 14.2 Å². The Morgan fingerprint density at radius 3 is 2.37 bits per heavy atom. The summed E-state index contributed by atoms with van der Waals surface area (Å²) in [5.74, 6) is 1.49. The molecule has 1 aromatic carbocycles. The molecule has 0 atom stereocenters. The fraction of sp³-hybridized carbons (Fsp3) is 0.571. The predicted octanol–water partition coefficient (Wildman–Crippen LogP) is 2.98. The zero-order valence-electron chi connectivity index (χ0n) is 11.8. The summed E-state index contributed by atoms with van der Waals surface area (Å²) in [5, 5.41) is 3.41. The third-order valence-corrected chi connectivity index (χ3v) is 3.56. The first-order chi connectivity index (χ1) is 9.22. The van der Waals surface area contributed by atoms with Crippen LogP contribution in [-0.2, 0) is 11.3 Å². The summed E-state index contributed by atoms with van der Waals surface area (Å²) >= 11 is 3.55. The molecule has 0 aliphatic heterocycles. The smallest absolute Gasteiger partial charge is 0.161 e. The quantitative estimate of drug-likeness (QED) is 0.706. The fourth-order valence-electron chi connectivity index (χ4n) is 1.75. The van der Waals surface area contributed by atoms with Crippen LogP contribution in [0, 0.1) is 0 Å². The first-order valence-electron chi connectivity index (χ1n) is 6.33. The minimum atomic E-state index is 0.734. The predicted molar refractivity (Wildman–Crippen MR) is 80.1 cm³/mol. The Balaban J connectivity index is 2.49. The van der Waals surface area contributed by atoms with Gasteiger partial charge in [0.05, 0.1) is 14.2 Å². The second-order valence-corrected chi connectivity index (χ2v) is 5.03. The number of halogens is 1. The van der Waals surface area contributed by atoms with Crippen molar-refractivity contribution in [1.29, 1.82) is 0 Å². The first kappa shape index (κ1) is 16.3. The number of unbranched alkanes of at least 4 members (excludes halogenated alkanes) is 1. The Morgan fingerprint density at radius 1 is 1.05 bits per heavy atom. The van der Waals surface area contributed by atoms with Crippen molar-refractivity contribution in [3.63, 3.8) is 0 Å². The van der Waals surface area contributed by atoms with Crippen molar-refractivity contribution in [2.45, 2.75) is 19.4 Å². The number of ether oxygens (including phenoxy) is 3. The number of methoxy groups -OCH3 is 3. The minimum absolute atomic E-state index is 0.734. The number of rotatable bonds is 9. The molecule has 0 amide bonds. The third-order valence-electron chi connectivity index (χ3n) is 2.82. The number of nitrogens with one attached hydrogen (secondary N) is 1. The summed E-state index contributed by atoms with van der Waals surface area (Å²) in [6.45, 7) is 2.60. The molecule has 0 aliphatic rings. The van der Waals surface area contributed by atoms with E-state index in [1.807, 2.05) is 12.1 Å². The van der Waals surface area contributed by atoms with Crippen LogP contribution in [0.4, 0.5) is 0 Å². The molecule has 1 aromatic rings. The van der Waals surface area contributed by atoms with Gasteiger partial charge in [-0.25, -0.2) is 0 Å². The van der Waals surface area contributed by atoms with Gasteiger partial charge in [0.15, 0.2) is 11.5 Å². The van der Waals surface area contributed by atoms with Crippen LogP contribution in [0.15, 0.2) is 16.6 Å². The average Bonchev–Trinajstić information content (AvgIpc) is 2.43. The van der Waals surface area contributed by atoms with Crippen LogP contribution < -0.4 is 14.8 Å². The first-order valence-corrected chi connectivity index (χ1v) is 7.12. The van der Waals surface area contributed by atoms with Crippen LogP contribution in [-0.4, -0.2) is 34.5 Å². The van der Waals surface area contributed by atoms with Crippen molar-refractivity contribution < 1.29 is 14.2 Å². The van der Waals surface area contributed by atoms with Crippen LogP contribution in [0.25, 0.3) is 0 Å². The zero-order valence-corrected chi connectivity index (χ0v) is 13.4. The highest BCUT2D eigenvalue weighted by atomic mass is 79.9. The molecule has 0 unspecified atom stereocenters. The molecule has 19 heavy (non-hydrogen) atoms. The number of hydrogen-bond acceptors (Lipinski definition) is 4. The molecule has 0 radical (unpaired) electrons. The van der Waals surface area contributed by atoms with Gasteiger partial charge in [-0.05, 0) is 37.1 Å². The van der Waals surface area contributed by atoms with Gasteiger partial charge in [0.1, 0.15) is 0 Å². The number of benzene rings is 1. The lowest BCUT2D eigenvalue weighted by atomic mass is 10.2. The minimum Gasteiger partial charge on any atom is -0.493 e. The molecule has 4 nitrogen and oxygen atoms in total. The van der Waals surface area contributed by atoms with E-state index >= 15 is 0 Å². The summed E-state index contributed by atoms with van der Waals surface area (Å²) in [6, 6.07) is 3.92. The van der Waals surface area contributed by atoms with Gasteiger partial charge in [-0.3, -0.25) is 0 Å². The van der Waals surface area contributed by atoms with Gasteiger partial charge in [0.2, 0.25) is 0 Å². The Morgan fingerprint density at radius 2 is 1.74 bits per heavy atom. The Kier molecular flexibility index (Phi) is 7.86. The van der Waals surface area contributed by atoms with E-state index in [1.54, 1.807) is 21.3 Å². The molecule has 0 spiro atoms. The normalized spacial score (nSPS) is 10.5. The average molecular weight is 332 g/mol. The fourth-order valence-corrected chi connectivity index (χ4v) is 2.21. The maximum Gasteiger partial charge on any atom is 0.161 e. The van der Waals surface area contributed by atoms with E-state index in [0.29, 0.717) is 0 Å². The molecule has 1 N–H and O–H groups in total. The van der Waals surface area contributed by atoms with Gasteiger partial charge >= 0.3 is 0 Å². The second kappa shape index (κ2) is 9.18. The highest BCUT2D eigenvalue weighted by molar-refractivity contribution is 9.10. The monoisotopic (exact) mass is 331 g/mol. The third kappa shape index (κ3) is 5.38. The van der Waals surface area contributed by atoms with Gasteiger partial charge in [0, 0.05) is 24.7 Å². The van der Waals surface area contributed by atoms with E-state index in [1.165, 1.54) is 0 Å². The lowest BCUT2D eigenvalue weighted by Gasteiger charge is -2.12. The van der Waals surface area contributed by atoms with Gasteiger partial charge in [0.25, 0.3) is 0 Å². The van der Waals surface area contributed by atoms with Crippen molar-refractivity contribution in [3.8, 4) is 11.5 Å². The SMILES string of the molecule is COCCCCNCc1cc(OC)c(OC)cc1Br. The summed E-state index contributed by atoms with van der Waals surface area (Å²) in [6.07, 6.45) is 2.19. The van der Waals surface area contributed by atoms with Crippen LogP contribution in [0.3, 0.4) is 0 Å². The van der Waals surface area contributed by atoms with Crippen molar-refractivity contribution in [3.05, 3.63) is 22.2 Å². The topological polar surface area (TPSA) is 39.7 Å². The lowest BCUT2D eigenvalue weighted by Crippen LogP contribution is -2.15. The molecular formula is C14H22BrNO3. The van der Waals surface area contributed by atoms with Crippen LogP contribution in [0.1, 0.15) is 18.4 Å². The summed E-state index contributed by atoms with van der Waals surface area (Å²) in [7, 11) is 5.01. The summed E-state index contributed by atoms with van der Waals surface area (Å²) < 4.78 is 16.6. The largest absolute Gasteiger partial charge is 0.493 e. The summed E-state index contributed by atoms with van der Waals surface area (Å²) in [5.41, 5.74) is 1.16. The van der Waals surface area contributed by atoms with Gasteiger partial charge < -0.3 is 19.5 Å². The molecule has 0 aromatic heterocycles. The molecule has 108 valence electrons. The highest BCUT2D eigenvalue weighted by Crippen LogP contribution is 2.33. The van der Waals surface area contributed by atoms with Crippen molar-refractivity contribution in [1.82, 2.24) is 5.32 Å². The molecule has 0 saturated heterocycles. The number of hydrogen-bond donors (Lipinski definition) is 1. The highest BCUT2D eigenvalue weighted by Gasteiger charge is 2.08.